The maximum atomic E-state index is 13.0. The molecule has 0 unspecified atom stereocenters. The summed E-state index contributed by atoms with van der Waals surface area (Å²) >= 11 is 0. The predicted molar refractivity (Wildman–Crippen MR) is 113 cm³/mol. The topological polar surface area (TPSA) is 41.6 Å². The van der Waals surface area contributed by atoms with Crippen LogP contribution < -0.4 is 9.46 Å². The zero-order valence-corrected chi connectivity index (χ0v) is 18.8. The molecular formula is C22H36N2O2S. The van der Waals surface area contributed by atoms with Crippen LogP contribution in [0, 0.1) is 5.41 Å². The van der Waals surface area contributed by atoms with Crippen molar-refractivity contribution < 1.29 is 8.95 Å². The van der Waals surface area contributed by atoms with E-state index in [2.05, 4.69) is 48.6 Å². The molecule has 0 aromatic heterocycles. The van der Waals surface area contributed by atoms with E-state index in [1.165, 1.54) is 11.1 Å². The van der Waals surface area contributed by atoms with E-state index in [1.54, 1.807) is 7.11 Å². The summed E-state index contributed by atoms with van der Waals surface area (Å²) in [5.74, 6) is 0.968. The molecule has 1 spiro atoms. The summed E-state index contributed by atoms with van der Waals surface area (Å²) < 4.78 is 21.9. The van der Waals surface area contributed by atoms with Crippen LogP contribution in [-0.2, 0) is 17.4 Å². The Hall–Kier alpha value is -0.910. The lowest BCUT2D eigenvalue weighted by molar-refractivity contribution is 0.0317. The summed E-state index contributed by atoms with van der Waals surface area (Å²) in [5, 5.41) is 0. The molecule has 1 aliphatic heterocycles. The van der Waals surface area contributed by atoms with Crippen molar-refractivity contribution in [1.82, 2.24) is 9.62 Å². The Morgan fingerprint density at radius 2 is 1.78 bits per heavy atom. The molecular weight excluding hydrogens is 356 g/mol. The van der Waals surface area contributed by atoms with Crippen molar-refractivity contribution in [1.29, 1.82) is 0 Å². The first kappa shape index (κ1) is 20.8. The number of piperidine rings is 1. The molecule has 0 saturated carbocycles. The molecule has 0 bridgehead atoms. The molecule has 0 amide bonds. The van der Waals surface area contributed by atoms with Gasteiger partial charge in [-0.3, -0.25) is 4.90 Å². The Balaban J connectivity index is 1.94. The third-order valence-corrected chi connectivity index (χ3v) is 7.89. The molecule has 1 saturated heterocycles. The minimum absolute atomic E-state index is 0.111. The van der Waals surface area contributed by atoms with Gasteiger partial charge in [0.2, 0.25) is 0 Å². The minimum atomic E-state index is -1.10. The van der Waals surface area contributed by atoms with E-state index in [0.717, 1.165) is 38.1 Å². The standard InChI is InChI=1S/C22H36N2O2S/c1-20(2,3)24-13-11-22(12-14-24)15-17-16(9-8-10-18(17)26-7)19(22)23-27(25)21(4,5)6/h8-10,19,23H,11-15H2,1-7H3/t19-,27-/m1/s1. The Morgan fingerprint density at radius 3 is 2.30 bits per heavy atom. The van der Waals surface area contributed by atoms with Gasteiger partial charge in [0.15, 0.2) is 0 Å². The second-order valence-corrected chi connectivity index (χ2v) is 12.2. The van der Waals surface area contributed by atoms with Gasteiger partial charge in [0.25, 0.3) is 0 Å². The quantitative estimate of drug-likeness (QED) is 0.837. The lowest BCUT2D eigenvalue weighted by Gasteiger charge is -2.48. The highest BCUT2D eigenvalue weighted by atomic mass is 32.2. The molecule has 0 radical (unpaired) electrons. The SMILES string of the molecule is COc1cccc2c1CC1(CCN(C(C)(C)C)CC1)[C@@H]2N[S@](=O)C(C)(C)C. The molecule has 5 heteroatoms. The van der Waals surface area contributed by atoms with Gasteiger partial charge in [0.05, 0.1) is 28.9 Å². The van der Waals surface area contributed by atoms with Crippen LogP contribution in [0.4, 0.5) is 0 Å². The van der Waals surface area contributed by atoms with Crippen molar-refractivity contribution >= 4 is 11.0 Å². The number of rotatable bonds is 3. The van der Waals surface area contributed by atoms with E-state index in [1.807, 2.05) is 20.8 Å². The summed E-state index contributed by atoms with van der Waals surface area (Å²) in [6, 6.07) is 6.43. The van der Waals surface area contributed by atoms with Crippen molar-refractivity contribution in [2.75, 3.05) is 20.2 Å². The number of hydrogen-bond donors (Lipinski definition) is 1. The Bertz CT molecular complexity index is 710. The molecule has 1 N–H and O–H groups in total. The molecule has 1 heterocycles. The highest BCUT2D eigenvalue weighted by Crippen LogP contribution is 2.54. The van der Waals surface area contributed by atoms with Crippen LogP contribution in [0.5, 0.6) is 5.75 Å². The van der Waals surface area contributed by atoms with E-state index >= 15 is 0 Å². The van der Waals surface area contributed by atoms with Crippen LogP contribution in [-0.4, -0.2) is 39.6 Å². The number of hydrogen-bond acceptors (Lipinski definition) is 3. The zero-order chi connectivity index (χ0) is 20.0. The Labute approximate surface area is 167 Å². The second-order valence-electron chi connectivity index (χ2n) is 10.2. The molecule has 152 valence electrons. The van der Waals surface area contributed by atoms with Gasteiger partial charge in [-0.2, -0.15) is 0 Å². The average Bonchev–Trinajstić information content (AvgIpc) is 2.87. The largest absolute Gasteiger partial charge is 0.496 e. The van der Waals surface area contributed by atoms with Gasteiger partial charge in [-0.15, -0.1) is 0 Å². The molecule has 2 atom stereocenters. The van der Waals surface area contributed by atoms with Crippen LogP contribution in [0.1, 0.15) is 71.6 Å². The third kappa shape index (κ3) is 3.96. The fourth-order valence-corrected chi connectivity index (χ4v) is 5.52. The first-order valence-electron chi connectivity index (χ1n) is 10.1. The van der Waals surface area contributed by atoms with Crippen molar-refractivity contribution in [2.24, 2.45) is 5.41 Å². The fraction of sp³-hybridized carbons (Fsp3) is 0.727. The monoisotopic (exact) mass is 392 g/mol. The van der Waals surface area contributed by atoms with Crippen molar-refractivity contribution in [2.45, 2.75) is 77.1 Å². The van der Waals surface area contributed by atoms with Gasteiger partial charge >= 0.3 is 0 Å². The van der Waals surface area contributed by atoms with E-state index in [-0.39, 0.29) is 21.7 Å². The summed E-state index contributed by atoms with van der Waals surface area (Å²) in [6.07, 6.45) is 3.23. The average molecular weight is 393 g/mol. The van der Waals surface area contributed by atoms with Gasteiger partial charge in [0.1, 0.15) is 5.75 Å². The van der Waals surface area contributed by atoms with Crippen LogP contribution in [0.3, 0.4) is 0 Å². The second kappa shape index (κ2) is 7.16. The van der Waals surface area contributed by atoms with E-state index in [9.17, 15) is 4.21 Å². The van der Waals surface area contributed by atoms with E-state index in [4.69, 9.17) is 4.74 Å². The normalized spacial score (nSPS) is 24.0. The first-order chi connectivity index (χ1) is 12.5. The lowest BCUT2D eigenvalue weighted by atomic mass is 9.72. The maximum absolute atomic E-state index is 13.0. The molecule has 2 aliphatic rings. The predicted octanol–water partition coefficient (Wildman–Crippen LogP) is 4.22. The number of nitrogens with one attached hydrogen (secondary N) is 1. The van der Waals surface area contributed by atoms with Crippen LogP contribution in [0.2, 0.25) is 0 Å². The number of benzene rings is 1. The molecule has 1 fully saturated rings. The number of ether oxygens (including phenoxy) is 1. The van der Waals surface area contributed by atoms with Crippen LogP contribution in [0.25, 0.3) is 0 Å². The van der Waals surface area contributed by atoms with Crippen molar-refractivity contribution in [3.05, 3.63) is 29.3 Å². The molecule has 1 aromatic carbocycles. The fourth-order valence-electron chi connectivity index (χ4n) is 4.58. The number of nitrogens with zero attached hydrogens (tertiary/aromatic N) is 1. The maximum Gasteiger partial charge on any atom is 0.122 e. The molecule has 3 rings (SSSR count). The Morgan fingerprint density at radius 1 is 1.15 bits per heavy atom. The van der Waals surface area contributed by atoms with Gasteiger partial charge in [-0.25, -0.2) is 8.93 Å². The Kier molecular flexibility index (Phi) is 5.52. The van der Waals surface area contributed by atoms with Gasteiger partial charge in [-0.05, 0) is 96.5 Å². The van der Waals surface area contributed by atoms with E-state index in [0.29, 0.717) is 0 Å². The summed E-state index contributed by atoms with van der Waals surface area (Å²) in [5.41, 5.74) is 2.88. The lowest BCUT2D eigenvalue weighted by Crippen LogP contribution is -2.52. The molecule has 4 nitrogen and oxygen atoms in total. The summed E-state index contributed by atoms with van der Waals surface area (Å²) in [4.78, 5) is 2.58. The first-order valence-corrected chi connectivity index (χ1v) is 11.2. The minimum Gasteiger partial charge on any atom is -0.496 e. The summed E-state index contributed by atoms with van der Waals surface area (Å²) in [6.45, 7) is 15.1. The summed E-state index contributed by atoms with van der Waals surface area (Å²) in [7, 11) is 0.648. The number of likely N-dealkylation sites (tertiary alicyclic amines) is 1. The van der Waals surface area contributed by atoms with Gasteiger partial charge < -0.3 is 4.74 Å². The smallest absolute Gasteiger partial charge is 0.122 e. The molecule has 27 heavy (non-hydrogen) atoms. The highest BCUT2D eigenvalue weighted by molar-refractivity contribution is 7.84. The number of methoxy groups -OCH3 is 1. The molecule has 1 aliphatic carbocycles. The highest BCUT2D eigenvalue weighted by Gasteiger charge is 2.50. The molecule has 1 aromatic rings. The van der Waals surface area contributed by atoms with Crippen LogP contribution in [0.15, 0.2) is 18.2 Å². The van der Waals surface area contributed by atoms with Crippen LogP contribution >= 0.6 is 0 Å². The third-order valence-electron chi connectivity index (χ3n) is 6.33. The van der Waals surface area contributed by atoms with E-state index < -0.39 is 11.0 Å². The van der Waals surface area contributed by atoms with Gasteiger partial charge in [0, 0.05) is 5.54 Å². The van der Waals surface area contributed by atoms with Crippen molar-refractivity contribution in [3.63, 3.8) is 0 Å². The zero-order valence-electron chi connectivity index (χ0n) is 18.0. The number of fused-ring (bicyclic) bond motifs is 1. The van der Waals surface area contributed by atoms with Gasteiger partial charge in [-0.1, -0.05) is 12.1 Å². The van der Waals surface area contributed by atoms with Crippen molar-refractivity contribution in [3.8, 4) is 5.75 Å².